The van der Waals surface area contributed by atoms with Crippen LogP contribution in [0.5, 0.6) is 5.75 Å². The summed E-state index contributed by atoms with van der Waals surface area (Å²) < 4.78 is 10.0. The van der Waals surface area contributed by atoms with Crippen LogP contribution in [0.3, 0.4) is 0 Å². The van der Waals surface area contributed by atoms with Crippen molar-refractivity contribution in [3.63, 3.8) is 0 Å². The first kappa shape index (κ1) is 17.1. The van der Waals surface area contributed by atoms with Crippen molar-refractivity contribution in [2.24, 2.45) is 0 Å². The van der Waals surface area contributed by atoms with E-state index in [1.165, 1.54) is 0 Å². The molecule has 0 heterocycles. The average molecular weight is 293 g/mol. The summed E-state index contributed by atoms with van der Waals surface area (Å²) in [5.74, 6) is 0.121. The average Bonchev–Trinajstić information content (AvgIpc) is 2.35. The highest BCUT2D eigenvalue weighted by molar-refractivity contribution is 6.42. The van der Waals surface area contributed by atoms with E-state index in [-0.39, 0.29) is 6.61 Å². The van der Waals surface area contributed by atoms with Crippen LogP contribution in [0, 0.1) is 6.92 Å². The Morgan fingerprint density at radius 1 is 1.22 bits per heavy atom. The van der Waals surface area contributed by atoms with Crippen LogP contribution in [-0.2, 0) is 9.53 Å². The molecule has 1 aromatic rings. The summed E-state index contributed by atoms with van der Waals surface area (Å²) in [4.78, 5) is 11.1. The molecule has 0 aromatic heterocycles. The topological polar surface area (TPSA) is 35.5 Å². The summed E-state index contributed by atoms with van der Waals surface area (Å²) in [6.07, 6.45) is 0. The van der Waals surface area contributed by atoms with E-state index in [9.17, 15) is 4.79 Å². The molecule has 1 rings (SSSR count). The summed E-state index contributed by atoms with van der Waals surface area (Å²) in [7, 11) is 0. The summed E-state index contributed by atoms with van der Waals surface area (Å²) in [5.41, 5.74) is 0.818. The number of halogens is 2. The van der Waals surface area contributed by atoms with Gasteiger partial charge in [0.1, 0.15) is 5.75 Å². The maximum atomic E-state index is 11.1. The lowest BCUT2D eigenvalue weighted by Crippen LogP contribution is -2.14. The Morgan fingerprint density at radius 2 is 1.78 bits per heavy atom. The summed E-state index contributed by atoms with van der Waals surface area (Å²) in [6.45, 7) is 7.76. The quantitative estimate of drug-likeness (QED) is 0.778. The van der Waals surface area contributed by atoms with Crippen molar-refractivity contribution >= 4 is 29.2 Å². The highest BCUT2D eigenvalue weighted by Crippen LogP contribution is 2.29. The van der Waals surface area contributed by atoms with Crippen LogP contribution in [-0.4, -0.2) is 19.2 Å². The summed E-state index contributed by atoms with van der Waals surface area (Å²) >= 11 is 11.7. The standard InChI is InChI=1S/C11H12Cl2O3.C2H6/c1-3-15-11(14)6-16-10-5-9(13)8(12)4-7(10)2;1-2/h4-5H,3,6H2,1-2H3;1-2H3. The number of aryl methyl sites for hydroxylation is 1. The monoisotopic (exact) mass is 292 g/mol. The van der Waals surface area contributed by atoms with Gasteiger partial charge in [-0.05, 0) is 25.5 Å². The van der Waals surface area contributed by atoms with Gasteiger partial charge in [0.05, 0.1) is 16.7 Å². The Balaban J connectivity index is 0.00000137. The molecule has 0 aliphatic carbocycles. The van der Waals surface area contributed by atoms with Crippen LogP contribution in [0.2, 0.25) is 10.0 Å². The fraction of sp³-hybridized carbons (Fsp3) is 0.462. The van der Waals surface area contributed by atoms with Crippen molar-refractivity contribution in [3.8, 4) is 5.75 Å². The lowest BCUT2D eigenvalue weighted by Gasteiger charge is -2.09. The zero-order chi connectivity index (χ0) is 14.1. The molecule has 1 aromatic carbocycles. The molecule has 3 nitrogen and oxygen atoms in total. The molecule has 0 aliphatic heterocycles. The summed E-state index contributed by atoms with van der Waals surface area (Å²) in [5, 5.41) is 0.855. The number of benzene rings is 1. The number of hydrogen-bond donors (Lipinski definition) is 0. The van der Waals surface area contributed by atoms with Crippen LogP contribution < -0.4 is 4.74 Å². The number of hydrogen-bond acceptors (Lipinski definition) is 3. The molecule has 102 valence electrons. The van der Waals surface area contributed by atoms with Crippen LogP contribution in [0.4, 0.5) is 0 Å². The zero-order valence-corrected chi connectivity index (χ0v) is 12.6. The maximum Gasteiger partial charge on any atom is 0.344 e. The van der Waals surface area contributed by atoms with Crippen molar-refractivity contribution in [3.05, 3.63) is 27.7 Å². The predicted molar refractivity (Wildman–Crippen MR) is 74.7 cm³/mol. The third-order valence-electron chi connectivity index (χ3n) is 1.87. The van der Waals surface area contributed by atoms with Crippen LogP contribution >= 0.6 is 23.2 Å². The SMILES string of the molecule is CC.CCOC(=O)COc1cc(Cl)c(Cl)cc1C. The first-order valence-electron chi connectivity index (χ1n) is 5.78. The first-order chi connectivity index (χ1) is 8.54. The number of carbonyl (C=O) groups excluding carboxylic acids is 1. The number of ether oxygens (including phenoxy) is 2. The fourth-order valence-corrected chi connectivity index (χ4v) is 1.49. The highest BCUT2D eigenvalue weighted by atomic mass is 35.5. The van der Waals surface area contributed by atoms with Gasteiger partial charge in [-0.15, -0.1) is 0 Å². The number of rotatable bonds is 4. The molecule has 0 unspecified atom stereocenters. The Morgan fingerprint density at radius 3 is 2.33 bits per heavy atom. The Labute approximate surface area is 118 Å². The smallest absolute Gasteiger partial charge is 0.344 e. The molecule has 0 N–H and O–H groups in total. The van der Waals surface area contributed by atoms with Gasteiger partial charge in [0, 0.05) is 6.07 Å². The Kier molecular flexibility index (Phi) is 8.59. The van der Waals surface area contributed by atoms with Crippen molar-refractivity contribution < 1.29 is 14.3 Å². The molecule has 5 heteroatoms. The fourth-order valence-electron chi connectivity index (χ4n) is 1.12. The second kappa shape index (κ2) is 9.06. The van der Waals surface area contributed by atoms with E-state index in [0.717, 1.165) is 5.56 Å². The van der Waals surface area contributed by atoms with Crippen molar-refractivity contribution in [1.29, 1.82) is 0 Å². The Bertz CT molecular complexity index is 392. The largest absolute Gasteiger partial charge is 0.482 e. The molecule has 0 fully saturated rings. The molecule has 0 radical (unpaired) electrons. The van der Waals surface area contributed by atoms with Crippen LogP contribution in [0.15, 0.2) is 12.1 Å². The van der Waals surface area contributed by atoms with E-state index in [0.29, 0.717) is 22.4 Å². The summed E-state index contributed by atoms with van der Waals surface area (Å²) in [6, 6.07) is 3.27. The highest BCUT2D eigenvalue weighted by Gasteiger charge is 2.08. The van der Waals surface area contributed by atoms with Gasteiger partial charge in [-0.25, -0.2) is 4.79 Å². The molecule has 18 heavy (non-hydrogen) atoms. The minimum atomic E-state index is -0.409. The van der Waals surface area contributed by atoms with Crippen molar-refractivity contribution in [1.82, 2.24) is 0 Å². The molecule has 0 saturated carbocycles. The van der Waals surface area contributed by atoms with Gasteiger partial charge in [0.25, 0.3) is 0 Å². The van der Waals surface area contributed by atoms with Gasteiger partial charge in [-0.1, -0.05) is 37.0 Å². The minimum Gasteiger partial charge on any atom is -0.482 e. The maximum absolute atomic E-state index is 11.1. The van der Waals surface area contributed by atoms with Crippen LogP contribution in [0.25, 0.3) is 0 Å². The van der Waals surface area contributed by atoms with Gasteiger partial charge >= 0.3 is 5.97 Å². The Hall–Kier alpha value is -0.930. The molecular weight excluding hydrogens is 275 g/mol. The van der Waals surface area contributed by atoms with Gasteiger partial charge < -0.3 is 9.47 Å². The zero-order valence-electron chi connectivity index (χ0n) is 11.0. The van der Waals surface area contributed by atoms with E-state index in [1.54, 1.807) is 19.1 Å². The lowest BCUT2D eigenvalue weighted by atomic mass is 10.2. The van der Waals surface area contributed by atoms with Gasteiger partial charge in [0.2, 0.25) is 0 Å². The van der Waals surface area contributed by atoms with Crippen molar-refractivity contribution in [2.45, 2.75) is 27.7 Å². The van der Waals surface area contributed by atoms with E-state index in [4.69, 9.17) is 32.7 Å². The molecule has 0 atom stereocenters. The van der Waals surface area contributed by atoms with Gasteiger partial charge in [-0.2, -0.15) is 0 Å². The third kappa shape index (κ3) is 5.61. The van der Waals surface area contributed by atoms with Gasteiger partial charge in [-0.3, -0.25) is 0 Å². The number of carbonyl (C=O) groups is 1. The molecule has 0 amide bonds. The van der Waals surface area contributed by atoms with E-state index in [1.807, 2.05) is 20.8 Å². The lowest BCUT2D eigenvalue weighted by molar-refractivity contribution is -0.145. The first-order valence-corrected chi connectivity index (χ1v) is 6.54. The predicted octanol–water partition coefficient (Wildman–Crippen LogP) is 4.27. The van der Waals surface area contributed by atoms with Crippen LogP contribution in [0.1, 0.15) is 26.3 Å². The minimum absolute atomic E-state index is 0.132. The van der Waals surface area contributed by atoms with E-state index < -0.39 is 5.97 Å². The third-order valence-corrected chi connectivity index (χ3v) is 2.59. The number of esters is 1. The molecule has 0 bridgehead atoms. The second-order valence-corrected chi connectivity index (χ2v) is 3.94. The molecular formula is C13H18Cl2O3. The van der Waals surface area contributed by atoms with E-state index in [2.05, 4.69) is 0 Å². The molecule has 0 aliphatic rings. The molecule has 0 saturated heterocycles. The normalized spacial score (nSPS) is 9.22. The molecule has 0 spiro atoms. The van der Waals surface area contributed by atoms with Crippen molar-refractivity contribution in [2.75, 3.05) is 13.2 Å². The van der Waals surface area contributed by atoms with E-state index >= 15 is 0 Å². The second-order valence-electron chi connectivity index (χ2n) is 3.13. The van der Waals surface area contributed by atoms with Gasteiger partial charge in [0.15, 0.2) is 6.61 Å².